The summed E-state index contributed by atoms with van der Waals surface area (Å²) in [5.41, 5.74) is 2.22. The van der Waals surface area contributed by atoms with Crippen molar-refractivity contribution in [2.24, 2.45) is 11.8 Å². The Morgan fingerprint density at radius 2 is 1.67 bits per heavy atom. The van der Waals surface area contributed by atoms with E-state index < -0.39 is 6.04 Å². The number of nitrogens with zero attached hydrogens (tertiary/aromatic N) is 2. The summed E-state index contributed by atoms with van der Waals surface area (Å²) in [5, 5.41) is 13.4. The molecule has 7 heteroatoms. The van der Waals surface area contributed by atoms with Gasteiger partial charge in [0.15, 0.2) is 0 Å². The molecule has 2 fully saturated rings. The highest BCUT2D eigenvalue weighted by Crippen LogP contribution is 2.25. The van der Waals surface area contributed by atoms with Crippen LogP contribution in [0, 0.1) is 11.8 Å². The van der Waals surface area contributed by atoms with Gasteiger partial charge in [-0.2, -0.15) is 0 Å². The molecule has 7 nitrogen and oxygen atoms in total. The number of rotatable bonds is 7. The first-order chi connectivity index (χ1) is 17.6. The Balaban J connectivity index is 1.22. The molecule has 3 N–H and O–H groups in total. The summed E-state index contributed by atoms with van der Waals surface area (Å²) in [6, 6.07) is 16.3. The topological polar surface area (TPSA) is 88.7 Å². The van der Waals surface area contributed by atoms with E-state index in [1.165, 1.54) is 0 Å². The number of likely N-dealkylation sites (tertiary alicyclic amines) is 2. The Hall–Kier alpha value is -3.16. The van der Waals surface area contributed by atoms with Crippen molar-refractivity contribution in [1.82, 2.24) is 20.1 Å². The molecule has 0 radical (unpaired) electrons. The number of fused-ring (bicyclic) bond motifs is 1. The Morgan fingerprint density at radius 1 is 0.944 bits per heavy atom. The fourth-order valence-electron chi connectivity index (χ4n) is 5.57. The molecule has 2 aromatic carbocycles. The predicted octanol–water partition coefficient (Wildman–Crippen LogP) is 3.58. The van der Waals surface area contributed by atoms with E-state index in [1.807, 2.05) is 59.6 Å². The Labute approximate surface area is 212 Å². The average Bonchev–Trinajstić information content (AvgIpc) is 3.41. The number of benzene rings is 2. The fraction of sp³-hybridized carbons (Fsp3) is 0.448. The molecular formula is C29H36N4O3. The lowest BCUT2D eigenvalue weighted by atomic mass is 9.92. The summed E-state index contributed by atoms with van der Waals surface area (Å²) < 4.78 is 0. The monoisotopic (exact) mass is 488 g/mol. The summed E-state index contributed by atoms with van der Waals surface area (Å²) in [7, 11) is 0. The Morgan fingerprint density at radius 3 is 2.39 bits per heavy atom. The number of hydrogen-bond donors (Lipinski definition) is 3. The van der Waals surface area contributed by atoms with Crippen LogP contribution in [0.1, 0.15) is 47.6 Å². The van der Waals surface area contributed by atoms with Crippen molar-refractivity contribution in [3.63, 3.8) is 0 Å². The van der Waals surface area contributed by atoms with Gasteiger partial charge in [-0.05, 0) is 79.8 Å². The number of piperidine rings is 2. The van der Waals surface area contributed by atoms with Gasteiger partial charge in [0.25, 0.3) is 5.91 Å². The van der Waals surface area contributed by atoms with Crippen LogP contribution in [0.3, 0.4) is 0 Å². The van der Waals surface area contributed by atoms with E-state index in [1.54, 1.807) is 6.07 Å². The molecule has 2 aliphatic rings. The standard InChI is InChI=1S/C29H36N4O3/c34-20-22-9-14-32(15-10-22)19-21-11-16-33(17-12-21)29(36)27(24-4-2-1-3-5-24)31-28(35)25-7-6-23-8-13-30-26(23)18-25/h1-8,13,18,21-22,27,30,34H,9-12,14-17,19-20H2,(H,31,35)/t27-/m1/s1. The molecule has 1 atom stereocenters. The van der Waals surface area contributed by atoms with Crippen LogP contribution in [0.25, 0.3) is 10.9 Å². The smallest absolute Gasteiger partial charge is 0.252 e. The first-order valence-electron chi connectivity index (χ1n) is 13.2. The molecular weight excluding hydrogens is 452 g/mol. The van der Waals surface area contributed by atoms with Crippen LogP contribution in [0.5, 0.6) is 0 Å². The van der Waals surface area contributed by atoms with E-state index in [9.17, 15) is 14.7 Å². The molecule has 1 aromatic heterocycles. The van der Waals surface area contributed by atoms with Gasteiger partial charge in [0.1, 0.15) is 6.04 Å². The molecule has 0 unspecified atom stereocenters. The van der Waals surface area contributed by atoms with Crippen molar-refractivity contribution < 1.29 is 14.7 Å². The first kappa shape index (κ1) is 24.5. The van der Waals surface area contributed by atoms with Gasteiger partial charge in [0, 0.05) is 43.5 Å². The molecule has 0 bridgehead atoms. The normalized spacial score (nSPS) is 18.9. The van der Waals surface area contributed by atoms with Crippen LogP contribution in [0.4, 0.5) is 0 Å². The molecule has 36 heavy (non-hydrogen) atoms. The molecule has 0 saturated carbocycles. The zero-order valence-electron chi connectivity index (χ0n) is 20.7. The minimum absolute atomic E-state index is 0.0438. The molecule has 3 heterocycles. The summed E-state index contributed by atoms with van der Waals surface area (Å²) >= 11 is 0. The van der Waals surface area contributed by atoms with Crippen molar-refractivity contribution in [2.45, 2.75) is 31.7 Å². The largest absolute Gasteiger partial charge is 0.396 e. The van der Waals surface area contributed by atoms with E-state index in [0.717, 1.165) is 61.8 Å². The minimum atomic E-state index is -0.716. The van der Waals surface area contributed by atoms with Crippen molar-refractivity contribution in [2.75, 3.05) is 39.3 Å². The highest BCUT2D eigenvalue weighted by Gasteiger charge is 2.31. The lowest BCUT2D eigenvalue weighted by molar-refractivity contribution is -0.135. The fourth-order valence-corrected chi connectivity index (χ4v) is 5.57. The predicted molar refractivity (Wildman–Crippen MR) is 141 cm³/mol. The third-order valence-corrected chi connectivity index (χ3v) is 7.88. The molecule has 0 spiro atoms. The number of hydrogen-bond acceptors (Lipinski definition) is 4. The molecule has 3 aromatic rings. The quantitative estimate of drug-likeness (QED) is 0.474. The molecule has 2 saturated heterocycles. The molecule has 2 amide bonds. The summed E-state index contributed by atoms with van der Waals surface area (Å²) in [6.45, 7) is 4.91. The number of amides is 2. The van der Waals surface area contributed by atoms with Crippen LogP contribution in [-0.4, -0.2) is 71.0 Å². The first-order valence-corrected chi connectivity index (χ1v) is 13.2. The van der Waals surface area contributed by atoms with Gasteiger partial charge in [0.05, 0.1) is 0 Å². The Kier molecular flexibility index (Phi) is 7.68. The van der Waals surface area contributed by atoms with E-state index in [0.29, 0.717) is 37.1 Å². The molecule has 190 valence electrons. The third kappa shape index (κ3) is 5.63. The maximum atomic E-state index is 13.7. The lowest BCUT2D eigenvalue weighted by Crippen LogP contribution is -2.47. The highest BCUT2D eigenvalue weighted by molar-refractivity contribution is 6.00. The zero-order chi connectivity index (χ0) is 24.9. The second kappa shape index (κ2) is 11.3. The van der Waals surface area contributed by atoms with Gasteiger partial charge in [0.2, 0.25) is 5.91 Å². The number of aliphatic hydroxyl groups excluding tert-OH is 1. The van der Waals surface area contributed by atoms with Crippen LogP contribution in [-0.2, 0) is 4.79 Å². The number of carbonyl (C=O) groups excluding carboxylic acids is 2. The highest BCUT2D eigenvalue weighted by atomic mass is 16.3. The van der Waals surface area contributed by atoms with Gasteiger partial charge < -0.3 is 25.2 Å². The number of aliphatic hydroxyl groups is 1. The summed E-state index contributed by atoms with van der Waals surface area (Å²) in [5.74, 6) is 0.736. The summed E-state index contributed by atoms with van der Waals surface area (Å²) in [4.78, 5) is 34.4. The van der Waals surface area contributed by atoms with Crippen LogP contribution in [0.2, 0.25) is 0 Å². The van der Waals surface area contributed by atoms with Crippen LogP contribution in [0.15, 0.2) is 60.8 Å². The number of aromatic amines is 1. The van der Waals surface area contributed by atoms with Crippen molar-refractivity contribution in [1.29, 1.82) is 0 Å². The second-order valence-corrected chi connectivity index (χ2v) is 10.3. The van der Waals surface area contributed by atoms with E-state index >= 15 is 0 Å². The van der Waals surface area contributed by atoms with E-state index in [2.05, 4.69) is 15.2 Å². The van der Waals surface area contributed by atoms with Crippen molar-refractivity contribution >= 4 is 22.7 Å². The van der Waals surface area contributed by atoms with E-state index in [4.69, 9.17) is 0 Å². The van der Waals surface area contributed by atoms with Crippen molar-refractivity contribution in [3.8, 4) is 0 Å². The van der Waals surface area contributed by atoms with Gasteiger partial charge in [-0.3, -0.25) is 9.59 Å². The number of carbonyl (C=O) groups is 2. The van der Waals surface area contributed by atoms with Gasteiger partial charge >= 0.3 is 0 Å². The van der Waals surface area contributed by atoms with Gasteiger partial charge in [-0.15, -0.1) is 0 Å². The summed E-state index contributed by atoms with van der Waals surface area (Å²) in [6.07, 6.45) is 5.95. The van der Waals surface area contributed by atoms with Crippen LogP contribution >= 0.6 is 0 Å². The van der Waals surface area contributed by atoms with Gasteiger partial charge in [-0.1, -0.05) is 36.4 Å². The molecule has 5 rings (SSSR count). The number of aromatic nitrogens is 1. The maximum Gasteiger partial charge on any atom is 0.252 e. The number of nitrogens with one attached hydrogen (secondary N) is 2. The van der Waals surface area contributed by atoms with Gasteiger partial charge in [-0.25, -0.2) is 0 Å². The number of H-pyrrole nitrogens is 1. The maximum absolute atomic E-state index is 13.7. The average molecular weight is 489 g/mol. The van der Waals surface area contributed by atoms with E-state index in [-0.39, 0.29) is 11.8 Å². The lowest BCUT2D eigenvalue weighted by Gasteiger charge is -2.38. The zero-order valence-corrected chi connectivity index (χ0v) is 20.7. The Bertz CT molecular complexity index is 1160. The van der Waals surface area contributed by atoms with Crippen LogP contribution < -0.4 is 5.32 Å². The second-order valence-electron chi connectivity index (χ2n) is 10.3. The molecule has 0 aliphatic carbocycles. The SMILES string of the molecule is O=C(N[C@@H](C(=O)N1CCC(CN2CCC(CO)CC2)CC1)c1ccccc1)c1ccc2cc[nH]c2c1. The minimum Gasteiger partial charge on any atom is -0.396 e. The van der Waals surface area contributed by atoms with Crippen molar-refractivity contribution in [3.05, 3.63) is 71.9 Å². The third-order valence-electron chi connectivity index (χ3n) is 7.88. The molecule has 2 aliphatic heterocycles.